The Balaban J connectivity index is 1.56. The lowest BCUT2D eigenvalue weighted by molar-refractivity contribution is -0.152. The quantitative estimate of drug-likeness (QED) is 0.282. The van der Waals surface area contributed by atoms with Gasteiger partial charge in [-0.15, -0.1) is 0 Å². The molecule has 146 valence electrons. The molecule has 0 N–H and O–H groups in total. The van der Waals surface area contributed by atoms with Gasteiger partial charge in [-0.25, -0.2) is 4.79 Å². The molecular weight excluding hydrogens is 384 g/mol. The Hall–Kier alpha value is -3.04. The highest BCUT2D eigenvalue weighted by molar-refractivity contribution is 6.30. The van der Waals surface area contributed by atoms with Crippen LogP contribution in [0, 0.1) is 6.92 Å². The van der Waals surface area contributed by atoms with Crippen molar-refractivity contribution in [2.45, 2.75) is 26.6 Å². The van der Waals surface area contributed by atoms with E-state index in [1.807, 2.05) is 31.2 Å². The second-order valence-corrected chi connectivity index (χ2v) is 7.51. The van der Waals surface area contributed by atoms with Crippen LogP contribution in [0.4, 0.5) is 0 Å². The topological polar surface area (TPSA) is 35.5 Å². The molecule has 0 radical (unpaired) electrons. The molecule has 0 spiro atoms. The summed E-state index contributed by atoms with van der Waals surface area (Å²) in [6.45, 7) is 3.77. The van der Waals surface area contributed by atoms with Crippen LogP contribution in [0.3, 0.4) is 0 Å². The molecule has 1 unspecified atom stereocenters. The van der Waals surface area contributed by atoms with E-state index in [0.29, 0.717) is 10.8 Å². The fourth-order valence-electron chi connectivity index (χ4n) is 3.51. The normalized spacial score (nSPS) is 12.1. The molecule has 0 amide bonds. The van der Waals surface area contributed by atoms with E-state index in [-0.39, 0.29) is 6.61 Å². The fourth-order valence-corrected chi connectivity index (χ4v) is 3.73. The van der Waals surface area contributed by atoms with E-state index >= 15 is 0 Å². The van der Waals surface area contributed by atoms with Gasteiger partial charge in [-0.1, -0.05) is 60.1 Å². The molecule has 1 atom stereocenters. The molecule has 4 rings (SSSR count). The zero-order valence-electron chi connectivity index (χ0n) is 16.3. The Labute approximate surface area is 174 Å². The Kier molecular flexibility index (Phi) is 5.41. The van der Waals surface area contributed by atoms with E-state index in [1.54, 1.807) is 25.1 Å². The molecule has 0 fully saturated rings. The Morgan fingerprint density at radius 3 is 2.17 bits per heavy atom. The number of ether oxygens (including phenoxy) is 2. The van der Waals surface area contributed by atoms with Gasteiger partial charge in [-0.3, -0.25) is 0 Å². The van der Waals surface area contributed by atoms with Crippen LogP contribution in [-0.4, -0.2) is 12.1 Å². The van der Waals surface area contributed by atoms with Gasteiger partial charge in [0.25, 0.3) is 0 Å². The van der Waals surface area contributed by atoms with Crippen LogP contribution in [0.2, 0.25) is 5.02 Å². The predicted molar refractivity (Wildman–Crippen MR) is 118 cm³/mol. The van der Waals surface area contributed by atoms with Crippen LogP contribution in [0.1, 0.15) is 18.1 Å². The van der Waals surface area contributed by atoms with Gasteiger partial charge in [0.05, 0.1) is 0 Å². The monoisotopic (exact) mass is 404 g/mol. The number of carbonyl (C=O) groups is 1. The number of aryl methyl sites for hydroxylation is 1. The lowest BCUT2D eigenvalue weighted by Gasteiger charge is -2.17. The molecular formula is C25H21ClO3. The summed E-state index contributed by atoms with van der Waals surface area (Å²) in [6.07, 6.45) is -0.726. The van der Waals surface area contributed by atoms with E-state index in [0.717, 1.165) is 32.7 Å². The third-order valence-electron chi connectivity index (χ3n) is 5.01. The lowest BCUT2D eigenvalue weighted by Crippen LogP contribution is -2.26. The van der Waals surface area contributed by atoms with E-state index in [2.05, 4.69) is 30.3 Å². The Morgan fingerprint density at radius 2 is 1.55 bits per heavy atom. The summed E-state index contributed by atoms with van der Waals surface area (Å²) >= 11 is 5.98. The zero-order valence-corrected chi connectivity index (χ0v) is 17.1. The van der Waals surface area contributed by atoms with Gasteiger partial charge in [-0.2, -0.15) is 0 Å². The summed E-state index contributed by atoms with van der Waals surface area (Å²) in [5, 5.41) is 5.05. The highest BCUT2D eigenvalue weighted by atomic mass is 35.5. The molecule has 0 bridgehead atoms. The van der Waals surface area contributed by atoms with Crippen molar-refractivity contribution in [3.8, 4) is 5.75 Å². The van der Waals surface area contributed by atoms with Crippen molar-refractivity contribution in [2.75, 3.05) is 0 Å². The third kappa shape index (κ3) is 4.06. The van der Waals surface area contributed by atoms with Crippen LogP contribution in [0.5, 0.6) is 5.75 Å². The van der Waals surface area contributed by atoms with Crippen LogP contribution in [0.25, 0.3) is 21.5 Å². The van der Waals surface area contributed by atoms with E-state index < -0.39 is 12.1 Å². The van der Waals surface area contributed by atoms with Crippen molar-refractivity contribution in [3.05, 3.63) is 88.9 Å². The first-order chi connectivity index (χ1) is 14.0. The zero-order chi connectivity index (χ0) is 20.4. The molecule has 0 aliphatic heterocycles. The highest BCUT2D eigenvalue weighted by Gasteiger charge is 2.18. The smallest absolute Gasteiger partial charge is 0.347 e. The molecule has 0 saturated heterocycles. The van der Waals surface area contributed by atoms with E-state index in [4.69, 9.17) is 21.1 Å². The number of benzene rings is 4. The molecule has 3 nitrogen and oxygen atoms in total. The van der Waals surface area contributed by atoms with Crippen molar-refractivity contribution in [1.29, 1.82) is 0 Å². The molecule has 0 aliphatic rings. The predicted octanol–water partition coefficient (Wildman–Crippen LogP) is 6.47. The molecule has 4 heteroatoms. The number of esters is 1. The first-order valence-electron chi connectivity index (χ1n) is 9.52. The van der Waals surface area contributed by atoms with Crippen molar-refractivity contribution in [2.24, 2.45) is 0 Å². The second kappa shape index (κ2) is 8.14. The van der Waals surface area contributed by atoms with Gasteiger partial charge in [0.1, 0.15) is 12.4 Å². The summed E-state index contributed by atoms with van der Waals surface area (Å²) in [4.78, 5) is 12.6. The Bertz CT molecular complexity index is 1150. The lowest BCUT2D eigenvalue weighted by atomic mass is 9.97. The maximum atomic E-state index is 12.6. The molecule has 0 heterocycles. The van der Waals surface area contributed by atoms with Crippen molar-refractivity contribution < 1.29 is 14.3 Å². The van der Waals surface area contributed by atoms with Gasteiger partial charge in [-0.05, 0) is 65.2 Å². The van der Waals surface area contributed by atoms with Gasteiger partial charge in [0.15, 0.2) is 6.10 Å². The Morgan fingerprint density at radius 1 is 0.931 bits per heavy atom. The van der Waals surface area contributed by atoms with Gasteiger partial charge in [0.2, 0.25) is 0 Å². The minimum Gasteiger partial charge on any atom is -0.479 e. The number of halogens is 1. The number of fused-ring (bicyclic) bond motifs is 2. The van der Waals surface area contributed by atoms with Gasteiger partial charge in [0, 0.05) is 10.6 Å². The number of carbonyl (C=O) groups excluding carboxylic acids is 1. The van der Waals surface area contributed by atoms with Crippen LogP contribution in [0.15, 0.2) is 72.8 Å². The molecule has 0 aromatic heterocycles. The summed E-state index contributed by atoms with van der Waals surface area (Å²) in [5.41, 5.74) is 1.87. The summed E-state index contributed by atoms with van der Waals surface area (Å²) < 4.78 is 11.4. The second-order valence-electron chi connectivity index (χ2n) is 7.08. The molecule has 0 saturated carbocycles. The standard InChI is InChI=1S/C25H21ClO3/c1-16-13-20(26)11-12-24(16)29-17(2)25(27)28-15-23-21-9-5-3-7-18(21)14-19-8-4-6-10-22(19)23/h3-14,17H,15H2,1-2H3. The fraction of sp³-hybridized carbons (Fsp3) is 0.160. The molecule has 0 aliphatic carbocycles. The summed E-state index contributed by atoms with van der Waals surface area (Å²) in [5.74, 6) is 0.214. The average Bonchev–Trinajstić information content (AvgIpc) is 2.72. The molecule has 4 aromatic rings. The summed E-state index contributed by atoms with van der Waals surface area (Å²) in [7, 11) is 0. The van der Waals surface area contributed by atoms with Crippen molar-refractivity contribution in [3.63, 3.8) is 0 Å². The number of hydrogen-bond acceptors (Lipinski definition) is 3. The SMILES string of the molecule is Cc1cc(Cl)ccc1OC(C)C(=O)OCc1c2ccccc2cc2ccccc12. The minimum atomic E-state index is -0.726. The largest absolute Gasteiger partial charge is 0.479 e. The van der Waals surface area contributed by atoms with Crippen LogP contribution in [-0.2, 0) is 16.1 Å². The van der Waals surface area contributed by atoms with Crippen molar-refractivity contribution in [1.82, 2.24) is 0 Å². The molecule has 4 aromatic carbocycles. The van der Waals surface area contributed by atoms with E-state index in [1.165, 1.54) is 0 Å². The van der Waals surface area contributed by atoms with Crippen molar-refractivity contribution >= 4 is 39.1 Å². The average molecular weight is 405 g/mol. The minimum absolute atomic E-state index is 0.188. The van der Waals surface area contributed by atoms with Gasteiger partial charge < -0.3 is 9.47 Å². The number of hydrogen-bond donors (Lipinski definition) is 0. The first kappa shape index (κ1) is 19.3. The van der Waals surface area contributed by atoms with Crippen LogP contribution < -0.4 is 4.74 Å². The van der Waals surface area contributed by atoms with Gasteiger partial charge >= 0.3 is 5.97 Å². The maximum absolute atomic E-state index is 12.6. The third-order valence-corrected chi connectivity index (χ3v) is 5.25. The maximum Gasteiger partial charge on any atom is 0.347 e. The first-order valence-corrected chi connectivity index (χ1v) is 9.89. The van der Waals surface area contributed by atoms with E-state index in [9.17, 15) is 4.79 Å². The highest BCUT2D eigenvalue weighted by Crippen LogP contribution is 2.29. The molecule has 29 heavy (non-hydrogen) atoms. The number of rotatable bonds is 5. The summed E-state index contributed by atoms with van der Waals surface area (Å²) in [6, 6.07) is 23.7. The van der Waals surface area contributed by atoms with Crippen LogP contribution >= 0.6 is 11.6 Å².